The maximum Gasteiger partial charge on any atom is 0.137 e. The first-order valence-corrected chi connectivity index (χ1v) is 18.0. The summed E-state index contributed by atoms with van der Waals surface area (Å²) in [6.07, 6.45) is 0. The van der Waals surface area contributed by atoms with E-state index in [1.165, 1.54) is 54.8 Å². The number of aromatic nitrogens is 2. The molecule has 0 aliphatic heterocycles. The summed E-state index contributed by atoms with van der Waals surface area (Å²) in [6, 6.07) is 60.7. The van der Waals surface area contributed by atoms with E-state index >= 15 is 0 Å². The van der Waals surface area contributed by atoms with Gasteiger partial charge in [0.05, 0.1) is 26.6 Å². The molecule has 11 rings (SSSR count). The maximum atomic E-state index is 6.40. The third-order valence-corrected chi connectivity index (χ3v) is 11.3. The van der Waals surface area contributed by atoms with E-state index in [1.807, 2.05) is 0 Å². The van der Waals surface area contributed by atoms with Gasteiger partial charge in [-0.3, -0.25) is 0 Å². The van der Waals surface area contributed by atoms with E-state index in [4.69, 9.17) is 9.40 Å². The molecule has 0 fully saturated rings. The van der Waals surface area contributed by atoms with Crippen molar-refractivity contribution in [1.29, 1.82) is 0 Å². The summed E-state index contributed by atoms with van der Waals surface area (Å²) >= 11 is 1.75. The van der Waals surface area contributed by atoms with Crippen LogP contribution in [0.2, 0.25) is 0 Å². The van der Waals surface area contributed by atoms with Crippen LogP contribution in [0.25, 0.3) is 103 Å². The second kappa shape index (κ2) is 11.0. The molecule has 0 amide bonds. The molecule has 0 aliphatic carbocycles. The van der Waals surface area contributed by atoms with Crippen LogP contribution in [0.1, 0.15) is 0 Å². The number of hydrogen-bond acceptors (Lipinski definition) is 3. The van der Waals surface area contributed by atoms with E-state index in [1.54, 1.807) is 11.3 Å². The monoisotopic (exact) mass is 668 g/mol. The first-order valence-electron chi connectivity index (χ1n) is 17.2. The van der Waals surface area contributed by atoms with Crippen molar-refractivity contribution >= 4 is 76.1 Å². The smallest absolute Gasteiger partial charge is 0.137 e. The maximum absolute atomic E-state index is 6.40. The average Bonchev–Trinajstić information content (AvgIpc) is 3.89. The van der Waals surface area contributed by atoms with E-state index in [2.05, 4.69) is 174 Å². The van der Waals surface area contributed by atoms with Crippen molar-refractivity contribution in [3.8, 4) is 38.5 Å². The zero-order valence-electron chi connectivity index (χ0n) is 27.4. The highest BCUT2D eigenvalue weighted by Crippen LogP contribution is 2.45. The zero-order chi connectivity index (χ0) is 33.5. The molecule has 0 N–H and O–H groups in total. The molecule has 11 aromatic rings. The Morgan fingerprint density at radius 2 is 1.12 bits per heavy atom. The summed E-state index contributed by atoms with van der Waals surface area (Å²) in [5, 5.41) is 8.08. The molecule has 0 saturated carbocycles. The van der Waals surface area contributed by atoms with Gasteiger partial charge in [-0.2, -0.15) is 0 Å². The molecule has 3 heterocycles. The Labute approximate surface area is 297 Å². The summed E-state index contributed by atoms with van der Waals surface area (Å²) in [7, 11) is 0. The molecule has 0 bridgehead atoms. The number of fused-ring (bicyclic) bond motifs is 10. The Kier molecular flexibility index (Phi) is 6.12. The van der Waals surface area contributed by atoms with Gasteiger partial charge in [0.2, 0.25) is 0 Å². The third-order valence-electron chi connectivity index (χ3n) is 10.2. The number of furan rings is 1. The highest BCUT2D eigenvalue weighted by atomic mass is 32.1. The highest BCUT2D eigenvalue weighted by Gasteiger charge is 2.21. The molecule has 8 aromatic carbocycles. The van der Waals surface area contributed by atoms with Crippen molar-refractivity contribution < 1.29 is 4.42 Å². The SMILES string of the molecule is c1ccc(-c2cccc(-n3c4ccccc4c4c5ccccc5c(-c5nc6c(ccc7oc8ccc(-c9ccccc9)cc8c76)s5)cc43)c2)cc1. The van der Waals surface area contributed by atoms with Crippen LogP contribution in [-0.4, -0.2) is 9.55 Å². The average molecular weight is 669 g/mol. The second-order valence-electron chi connectivity index (χ2n) is 13.1. The van der Waals surface area contributed by atoms with Crippen LogP contribution in [-0.2, 0) is 0 Å². The summed E-state index contributed by atoms with van der Waals surface area (Å²) in [5.74, 6) is 0. The molecule has 0 saturated heterocycles. The topological polar surface area (TPSA) is 31.0 Å². The quantitative estimate of drug-likeness (QED) is 0.187. The number of nitrogens with zero attached hydrogens (tertiary/aromatic N) is 2. The molecule has 0 aliphatic rings. The van der Waals surface area contributed by atoms with Gasteiger partial charge < -0.3 is 8.98 Å². The first kappa shape index (κ1) is 28.4. The van der Waals surface area contributed by atoms with Crippen LogP contribution < -0.4 is 0 Å². The summed E-state index contributed by atoms with van der Waals surface area (Å²) < 4.78 is 9.96. The van der Waals surface area contributed by atoms with Gasteiger partial charge in [-0.15, -0.1) is 11.3 Å². The molecular formula is C47H28N2OS. The minimum atomic E-state index is 0.860. The van der Waals surface area contributed by atoms with Gasteiger partial charge in [-0.05, 0) is 81.6 Å². The largest absolute Gasteiger partial charge is 0.456 e. The second-order valence-corrected chi connectivity index (χ2v) is 14.1. The molecule has 51 heavy (non-hydrogen) atoms. The van der Waals surface area contributed by atoms with Gasteiger partial charge >= 0.3 is 0 Å². The number of benzene rings is 8. The fraction of sp³-hybridized carbons (Fsp3) is 0. The molecular weight excluding hydrogens is 641 g/mol. The lowest BCUT2D eigenvalue weighted by atomic mass is 9.99. The highest BCUT2D eigenvalue weighted by molar-refractivity contribution is 7.22. The fourth-order valence-electron chi connectivity index (χ4n) is 7.92. The van der Waals surface area contributed by atoms with Crippen LogP contribution in [0.5, 0.6) is 0 Å². The van der Waals surface area contributed by atoms with Gasteiger partial charge in [-0.25, -0.2) is 4.98 Å². The van der Waals surface area contributed by atoms with Crippen LogP contribution in [0.15, 0.2) is 174 Å². The predicted molar refractivity (Wildman–Crippen MR) is 215 cm³/mol. The minimum absolute atomic E-state index is 0.860. The Balaban J connectivity index is 1.18. The summed E-state index contributed by atoms with van der Waals surface area (Å²) in [4.78, 5) is 5.45. The van der Waals surface area contributed by atoms with Gasteiger partial charge in [0, 0.05) is 27.4 Å². The molecule has 238 valence electrons. The number of hydrogen-bond donors (Lipinski definition) is 0. The van der Waals surface area contributed by atoms with Crippen molar-refractivity contribution in [2.24, 2.45) is 0 Å². The Hall–Kier alpha value is -6.49. The van der Waals surface area contributed by atoms with Gasteiger partial charge in [-0.1, -0.05) is 121 Å². The van der Waals surface area contributed by atoms with Crippen LogP contribution in [0, 0.1) is 0 Å². The number of thiazole rings is 1. The minimum Gasteiger partial charge on any atom is -0.456 e. The van der Waals surface area contributed by atoms with E-state index in [-0.39, 0.29) is 0 Å². The zero-order valence-corrected chi connectivity index (χ0v) is 28.2. The van der Waals surface area contributed by atoms with Gasteiger partial charge in [0.15, 0.2) is 0 Å². The third kappa shape index (κ3) is 4.33. The van der Waals surface area contributed by atoms with Crippen molar-refractivity contribution in [2.75, 3.05) is 0 Å². The lowest BCUT2D eigenvalue weighted by Crippen LogP contribution is -1.95. The lowest BCUT2D eigenvalue weighted by Gasteiger charge is -2.12. The van der Waals surface area contributed by atoms with Gasteiger partial charge in [0.25, 0.3) is 0 Å². The summed E-state index contributed by atoms with van der Waals surface area (Å²) in [5.41, 5.74) is 12.1. The van der Waals surface area contributed by atoms with E-state index in [0.717, 1.165) is 48.4 Å². The van der Waals surface area contributed by atoms with Crippen molar-refractivity contribution in [3.63, 3.8) is 0 Å². The standard InChI is InChI=1S/C47H28N2OS/c1-3-12-29(13-4-1)31-16-11-17-33(26-31)49-39-21-10-9-20-36(39)44-35-19-8-7-18-34(35)37(28-40(44)49)47-48-46-43(51-47)25-24-42-45(46)38-27-32(22-23-41(38)50-42)30-14-5-2-6-15-30/h1-28H. The normalized spacial score (nSPS) is 11.9. The lowest BCUT2D eigenvalue weighted by molar-refractivity contribution is 0.669. The predicted octanol–water partition coefficient (Wildman–Crippen LogP) is 13.4. The molecule has 3 aromatic heterocycles. The van der Waals surface area contributed by atoms with Gasteiger partial charge in [0.1, 0.15) is 16.2 Å². The molecule has 0 unspecified atom stereocenters. The fourth-order valence-corrected chi connectivity index (χ4v) is 8.92. The number of rotatable bonds is 4. The van der Waals surface area contributed by atoms with Crippen LogP contribution in [0.4, 0.5) is 0 Å². The summed E-state index contributed by atoms with van der Waals surface area (Å²) in [6.45, 7) is 0. The van der Waals surface area contributed by atoms with Crippen LogP contribution >= 0.6 is 11.3 Å². The van der Waals surface area contributed by atoms with Crippen molar-refractivity contribution in [1.82, 2.24) is 9.55 Å². The first-order chi connectivity index (χ1) is 25.3. The molecule has 0 spiro atoms. The molecule has 0 radical (unpaired) electrons. The van der Waals surface area contributed by atoms with E-state index < -0.39 is 0 Å². The Bertz CT molecular complexity index is 3130. The van der Waals surface area contributed by atoms with E-state index in [0.29, 0.717) is 0 Å². The molecule has 3 nitrogen and oxygen atoms in total. The van der Waals surface area contributed by atoms with Crippen molar-refractivity contribution in [3.05, 3.63) is 170 Å². The Morgan fingerprint density at radius 1 is 0.451 bits per heavy atom. The van der Waals surface area contributed by atoms with Crippen molar-refractivity contribution in [2.45, 2.75) is 0 Å². The van der Waals surface area contributed by atoms with E-state index in [9.17, 15) is 0 Å². The number of para-hydroxylation sites is 1. The Morgan fingerprint density at radius 3 is 1.92 bits per heavy atom. The molecule has 0 atom stereocenters. The van der Waals surface area contributed by atoms with Crippen LogP contribution in [0.3, 0.4) is 0 Å². The molecule has 4 heteroatoms.